The summed E-state index contributed by atoms with van der Waals surface area (Å²) in [5, 5.41) is 0.754. The molecule has 0 radical (unpaired) electrons. The third-order valence-corrected chi connectivity index (χ3v) is 5.33. The lowest BCUT2D eigenvalue weighted by Crippen LogP contribution is -2.49. The monoisotopic (exact) mass is 386 g/mol. The van der Waals surface area contributed by atoms with Crippen molar-refractivity contribution < 1.29 is 14.3 Å². The highest BCUT2D eigenvalue weighted by atomic mass is 35.5. The summed E-state index contributed by atoms with van der Waals surface area (Å²) in [6.07, 6.45) is 0.386. The second-order valence-electron chi connectivity index (χ2n) is 6.95. The highest BCUT2D eigenvalue weighted by Crippen LogP contribution is 2.31. The van der Waals surface area contributed by atoms with E-state index >= 15 is 0 Å². The zero-order valence-electron chi connectivity index (χ0n) is 15.4. The predicted molar refractivity (Wildman–Crippen MR) is 106 cm³/mol. The van der Waals surface area contributed by atoms with Crippen LogP contribution in [0.2, 0.25) is 5.02 Å². The fourth-order valence-electron chi connectivity index (χ4n) is 3.65. The van der Waals surface area contributed by atoms with Gasteiger partial charge in [-0.2, -0.15) is 0 Å². The Kier molecular flexibility index (Phi) is 5.12. The minimum atomic E-state index is 0.152. The molecule has 27 heavy (non-hydrogen) atoms. The van der Waals surface area contributed by atoms with Crippen molar-refractivity contribution in [3.8, 4) is 11.5 Å². The van der Waals surface area contributed by atoms with Crippen molar-refractivity contribution in [1.82, 2.24) is 4.90 Å². The highest BCUT2D eigenvalue weighted by Gasteiger charge is 2.23. The van der Waals surface area contributed by atoms with Gasteiger partial charge in [0.25, 0.3) is 0 Å². The molecule has 1 amide bonds. The summed E-state index contributed by atoms with van der Waals surface area (Å²) in [4.78, 5) is 17.0. The van der Waals surface area contributed by atoms with Gasteiger partial charge in [-0.05, 0) is 48.4 Å². The summed E-state index contributed by atoms with van der Waals surface area (Å²) in [5.41, 5.74) is 3.32. The van der Waals surface area contributed by atoms with E-state index in [2.05, 4.69) is 17.9 Å². The summed E-state index contributed by atoms with van der Waals surface area (Å²) in [5.74, 6) is 1.64. The number of piperazine rings is 1. The van der Waals surface area contributed by atoms with Crippen molar-refractivity contribution in [2.45, 2.75) is 13.3 Å². The Balaban J connectivity index is 1.36. The number of nitrogens with zero attached hydrogens (tertiary/aromatic N) is 2. The van der Waals surface area contributed by atoms with Crippen LogP contribution in [-0.4, -0.2) is 50.2 Å². The molecule has 2 heterocycles. The van der Waals surface area contributed by atoms with Gasteiger partial charge >= 0.3 is 0 Å². The molecular weight excluding hydrogens is 364 g/mol. The summed E-state index contributed by atoms with van der Waals surface area (Å²) >= 11 is 6.05. The molecule has 2 aromatic carbocycles. The number of fused-ring (bicyclic) bond motifs is 1. The maximum absolute atomic E-state index is 12.7. The molecule has 2 aliphatic heterocycles. The lowest BCUT2D eigenvalue weighted by Gasteiger charge is -2.37. The normalized spacial score (nSPS) is 16.4. The van der Waals surface area contributed by atoms with Crippen LogP contribution in [0.15, 0.2) is 36.4 Å². The predicted octanol–water partition coefficient (Wildman–Crippen LogP) is 3.31. The van der Waals surface area contributed by atoms with E-state index in [0.29, 0.717) is 19.6 Å². The van der Waals surface area contributed by atoms with Crippen molar-refractivity contribution in [3.05, 3.63) is 52.5 Å². The molecule has 0 bridgehead atoms. The van der Waals surface area contributed by atoms with E-state index in [1.165, 1.54) is 11.3 Å². The van der Waals surface area contributed by atoms with Crippen molar-refractivity contribution >= 4 is 23.2 Å². The van der Waals surface area contributed by atoms with Crippen LogP contribution in [0.3, 0.4) is 0 Å². The van der Waals surface area contributed by atoms with Crippen molar-refractivity contribution in [1.29, 1.82) is 0 Å². The first-order chi connectivity index (χ1) is 13.1. The lowest BCUT2D eigenvalue weighted by atomic mass is 10.1. The molecule has 0 atom stereocenters. The largest absolute Gasteiger partial charge is 0.486 e. The Morgan fingerprint density at radius 3 is 2.48 bits per heavy atom. The van der Waals surface area contributed by atoms with E-state index in [-0.39, 0.29) is 5.91 Å². The second kappa shape index (κ2) is 7.69. The number of hydrogen-bond donors (Lipinski definition) is 0. The van der Waals surface area contributed by atoms with Crippen LogP contribution in [-0.2, 0) is 11.2 Å². The molecule has 142 valence electrons. The maximum Gasteiger partial charge on any atom is 0.227 e. The number of rotatable bonds is 3. The van der Waals surface area contributed by atoms with Gasteiger partial charge in [-0.3, -0.25) is 4.79 Å². The van der Waals surface area contributed by atoms with E-state index in [1.54, 1.807) is 0 Å². The number of halogens is 1. The Labute approximate surface area is 164 Å². The Hall–Kier alpha value is -2.40. The minimum absolute atomic E-state index is 0.152. The van der Waals surface area contributed by atoms with E-state index < -0.39 is 0 Å². The number of amides is 1. The van der Waals surface area contributed by atoms with E-state index in [9.17, 15) is 4.79 Å². The van der Waals surface area contributed by atoms with Crippen molar-refractivity contribution in [3.63, 3.8) is 0 Å². The molecule has 0 N–H and O–H groups in total. The average molecular weight is 387 g/mol. The zero-order valence-corrected chi connectivity index (χ0v) is 16.2. The topological polar surface area (TPSA) is 42.0 Å². The Bertz CT molecular complexity index is 847. The number of aryl methyl sites for hydroxylation is 1. The number of anilines is 1. The Morgan fingerprint density at radius 2 is 1.74 bits per heavy atom. The van der Waals surface area contributed by atoms with Crippen LogP contribution >= 0.6 is 11.6 Å². The van der Waals surface area contributed by atoms with Gasteiger partial charge in [0, 0.05) is 36.9 Å². The van der Waals surface area contributed by atoms with E-state index in [4.69, 9.17) is 21.1 Å². The maximum atomic E-state index is 12.7. The molecule has 0 saturated carbocycles. The van der Waals surface area contributed by atoms with Gasteiger partial charge in [-0.15, -0.1) is 0 Å². The quantitative estimate of drug-likeness (QED) is 0.811. The molecular formula is C21H23ClN2O3. The summed E-state index contributed by atoms with van der Waals surface area (Å²) in [6.45, 7) is 6.31. The van der Waals surface area contributed by atoms with Crippen molar-refractivity contribution in [2.24, 2.45) is 0 Å². The molecule has 6 heteroatoms. The van der Waals surface area contributed by atoms with Crippen LogP contribution in [0.4, 0.5) is 5.69 Å². The van der Waals surface area contributed by atoms with E-state index in [1.807, 2.05) is 35.2 Å². The van der Waals surface area contributed by atoms with Gasteiger partial charge < -0.3 is 19.3 Å². The van der Waals surface area contributed by atoms with Crippen LogP contribution in [0.5, 0.6) is 11.5 Å². The van der Waals surface area contributed by atoms with Gasteiger partial charge in [0.05, 0.1) is 6.42 Å². The summed E-state index contributed by atoms with van der Waals surface area (Å²) in [6, 6.07) is 11.7. The molecule has 0 aromatic heterocycles. The van der Waals surface area contributed by atoms with Gasteiger partial charge in [0.1, 0.15) is 13.2 Å². The smallest absolute Gasteiger partial charge is 0.227 e. The summed E-state index contributed by atoms with van der Waals surface area (Å²) < 4.78 is 11.1. The highest BCUT2D eigenvalue weighted by molar-refractivity contribution is 6.30. The van der Waals surface area contributed by atoms with Gasteiger partial charge in [-0.25, -0.2) is 0 Å². The first kappa shape index (κ1) is 18.0. The third kappa shape index (κ3) is 3.98. The van der Waals surface area contributed by atoms with Gasteiger partial charge in [-0.1, -0.05) is 17.7 Å². The molecule has 1 fully saturated rings. The molecule has 0 spiro atoms. The number of hydrogen-bond acceptors (Lipinski definition) is 4. The minimum Gasteiger partial charge on any atom is -0.486 e. The van der Waals surface area contributed by atoms with Crippen LogP contribution in [0, 0.1) is 6.92 Å². The molecule has 1 saturated heterocycles. The molecule has 2 aromatic rings. The first-order valence-corrected chi connectivity index (χ1v) is 9.65. The lowest BCUT2D eigenvalue weighted by molar-refractivity contribution is -0.130. The van der Waals surface area contributed by atoms with Crippen molar-refractivity contribution in [2.75, 3.05) is 44.3 Å². The number of benzene rings is 2. The van der Waals surface area contributed by atoms with Gasteiger partial charge in [0.15, 0.2) is 11.5 Å². The average Bonchev–Trinajstić information content (AvgIpc) is 2.68. The molecule has 0 aliphatic carbocycles. The molecule has 4 rings (SSSR count). The third-order valence-electron chi connectivity index (χ3n) is 5.09. The standard InChI is InChI=1S/C21H23ClN2O3/c1-15-12-17(22)3-4-18(15)23-6-8-24(9-7-23)21(25)14-16-2-5-19-20(13-16)27-11-10-26-19/h2-5,12-13H,6-11,14H2,1H3. The summed E-state index contributed by atoms with van der Waals surface area (Å²) in [7, 11) is 0. The zero-order chi connectivity index (χ0) is 18.8. The molecule has 5 nitrogen and oxygen atoms in total. The first-order valence-electron chi connectivity index (χ1n) is 9.27. The molecule has 2 aliphatic rings. The molecule has 0 unspecified atom stereocenters. The number of carbonyl (C=O) groups is 1. The van der Waals surface area contributed by atoms with Gasteiger partial charge in [0.2, 0.25) is 5.91 Å². The number of ether oxygens (including phenoxy) is 2. The van der Waals surface area contributed by atoms with Crippen LogP contribution in [0.1, 0.15) is 11.1 Å². The van der Waals surface area contributed by atoms with Crippen LogP contribution in [0.25, 0.3) is 0 Å². The SMILES string of the molecule is Cc1cc(Cl)ccc1N1CCN(C(=O)Cc2ccc3c(c2)OCCO3)CC1. The fourth-order valence-corrected chi connectivity index (χ4v) is 3.88. The Morgan fingerprint density at radius 1 is 1.00 bits per heavy atom. The number of carbonyl (C=O) groups excluding carboxylic acids is 1. The van der Waals surface area contributed by atoms with E-state index in [0.717, 1.165) is 48.3 Å². The van der Waals surface area contributed by atoms with Crippen LogP contribution < -0.4 is 14.4 Å². The second-order valence-corrected chi connectivity index (χ2v) is 7.39. The fraction of sp³-hybridized carbons (Fsp3) is 0.381.